The number of ether oxygens (including phenoxy) is 1. The number of carbonyl (C=O) groups excluding carboxylic acids is 4. The van der Waals surface area contributed by atoms with E-state index in [2.05, 4.69) is 51.1 Å². The number of likely N-dealkylation sites (tertiary alicyclic amines) is 1. The Morgan fingerprint density at radius 3 is 2.24 bits per heavy atom. The fraction of sp³-hybridized carbons (Fsp3) is 0.581. The lowest BCUT2D eigenvalue weighted by Crippen LogP contribution is -2.74. The molecule has 2 aliphatic heterocycles. The quantitative estimate of drug-likeness (QED) is 0.0834. The smallest absolute Gasteiger partial charge is 0.330 e. The van der Waals surface area contributed by atoms with Gasteiger partial charge in [-0.15, -0.1) is 11.6 Å². The van der Waals surface area contributed by atoms with Crippen LogP contribution >= 0.6 is 11.6 Å². The van der Waals surface area contributed by atoms with Crippen molar-refractivity contribution in [2.75, 3.05) is 24.9 Å². The number of hydrogen-bond acceptors (Lipinski definition) is 8. The number of carbonyl (C=O) groups is 5. The molecule has 3 rings (SSSR count). The van der Waals surface area contributed by atoms with Crippen molar-refractivity contribution < 1.29 is 33.8 Å². The van der Waals surface area contributed by atoms with Gasteiger partial charge in [-0.05, 0) is 49.8 Å². The molecule has 2 saturated heterocycles. The molecular formula is C31H48ClN5O7Si. The number of methoxy groups -OCH3 is 1. The number of carboxylic acids is 1. The van der Waals surface area contributed by atoms with Crippen molar-refractivity contribution in [3.05, 3.63) is 42.7 Å². The van der Waals surface area contributed by atoms with E-state index in [4.69, 9.17) is 22.1 Å². The van der Waals surface area contributed by atoms with E-state index in [1.165, 1.54) is 7.11 Å². The lowest BCUT2D eigenvalue weighted by molar-refractivity contribution is -0.178. The Hall–Kier alpha value is -3.58. The molecule has 12 nitrogen and oxygen atoms in total. The van der Waals surface area contributed by atoms with Gasteiger partial charge in [0.25, 0.3) is 0 Å². The number of halogens is 1. The minimum atomic E-state index is -2.12. The number of carboxylic acid groups (broad SMARTS) is 1. The van der Waals surface area contributed by atoms with Crippen molar-refractivity contribution in [2.24, 2.45) is 17.1 Å². The van der Waals surface area contributed by atoms with E-state index in [9.17, 15) is 29.1 Å². The van der Waals surface area contributed by atoms with Gasteiger partial charge < -0.3 is 30.8 Å². The van der Waals surface area contributed by atoms with E-state index in [-0.39, 0.29) is 16.9 Å². The number of nitrogens with zero attached hydrogens (tertiary/aromatic N) is 2. The second-order valence-electron chi connectivity index (χ2n) is 13.1. The summed E-state index contributed by atoms with van der Waals surface area (Å²) < 4.78 is 6.49. The third-order valence-corrected chi connectivity index (χ3v) is 14.7. The summed E-state index contributed by atoms with van der Waals surface area (Å²) in [6.45, 7) is 16.1. The van der Waals surface area contributed by atoms with Crippen LogP contribution in [0.15, 0.2) is 42.7 Å². The van der Waals surface area contributed by atoms with Gasteiger partial charge in [0.1, 0.15) is 6.04 Å². The number of anilines is 1. The number of β-lactam (4-membered cyclic amide) rings is 2. The number of nitrogens with two attached hydrogens (primary N) is 1. The van der Waals surface area contributed by atoms with Crippen LogP contribution in [0, 0.1) is 11.3 Å². The van der Waals surface area contributed by atoms with Gasteiger partial charge in [0.15, 0.2) is 14.3 Å². The predicted molar refractivity (Wildman–Crippen MR) is 176 cm³/mol. The van der Waals surface area contributed by atoms with Crippen molar-refractivity contribution in [2.45, 2.75) is 83.6 Å². The summed E-state index contributed by atoms with van der Waals surface area (Å²) in [4.78, 5) is 62.1. The molecule has 2 heterocycles. The van der Waals surface area contributed by atoms with Gasteiger partial charge in [-0.3, -0.25) is 9.59 Å². The third-order valence-electron chi connectivity index (χ3n) is 9.02. The van der Waals surface area contributed by atoms with E-state index in [0.29, 0.717) is 49.6 Å². The Kier molecular flexibility index (Phi) is 12.6. The van der Waals surface area contributed by atoms with Gasteiger partial charge in [0, 0.05) is 18.1 Å². The van der Waals surface area contributed by atoms with Gasteiger partial charge in [-0.25, -0.2) is 19.3 Å². The molecule has 0 bridgehead atoms. The number of esters is 1. The van der Waals surface area contributed by atoms with E-state index in [1.54, 1.807) is 35.8 Å². The van der Waals surface area contributed by atoms with Crippen LogP contribution in [0.5, 0.6) is 0 Å². The first-order chi connectivity index (χ1) is 20.9. The first kappa shape index (κ1) is 37.6. The van der Waals surface area contributed by atoms with Crippen LogP contribution in [0.3, 0.4) is 0 Å². The Balaban J connectivity index is 0.000000330. The standard InChI is InChI=1S/C18H24N4O4.C13H24ClNO3Si/c1-12(19)20-11-7-10-18(2)14(15(23)26-3)22(16(18)24)17(25)21-13-8-5-4-6-9-13;1-13(2,3)19(4,5)15-10(12(17)18)9(11(15)16)7-6-8-14/h4-6,8-9,14,20H,1,7,10-11,19H2,2-3H3,(H,21,25);9-10H,6-8H2,1-5H3,(H,17,18)/t14?,18-;9-,10?/m01/s1. The molecule has 4 amide bonds. The molecule has 2 aliphatic rings. The largest absolute Gasteiger partial charge is 0.480 e. The minimum absolute atomic E-state index is 0.00380. The number of amides is 4. The normalized spacial score (nSPS) is 22.7. The molecule has 1 aromatic rings. The highest BCUT2D eigenvalue weighted by Crippen LogP contribution is 2.46. The van der Waals surface area contributed by atoms with E-state index >= 15 is 0 Å². The maximum Gasteiger partial charge on any atom is 0.330 e. The van der Waals surface area contributed by atoms with Crippen molar-refractivity contribution in [1.82, 2.24) is 14.8 Å². The third kappa shape index (κ3) is 8.18. The molecule has 250 valence electrons. The Labute approximate surface area is 271 Å². The van der Waals surface area contributed by atoms with Crippen LogP contribution in [-0.2, 0) is 23.9 Å². The number of para-hydroxylation sites is 1. The van der Waals surface area contributed by atoms with Gasteiger partial charge >= 0.3 is 18.0 Å². The number of imide groups is 1. The highest BCUT2D eigenvalue weighted by molar-refractivity contribution is 6.80. The van der Waals surface area contributed by atoms with E-state index in [0.717, 1.165) is 4.90 Å². The van der Waals surface area contributed by atoms with Gasteiger partial charge in [0.05, 0.1) is 24.3 Å². The highest BCUT2D eigenvalue weighted by atomic mass is 35.5. The molecule has 0 aromatic heterocycles. The van der Waals surface area contributed by atoms with Crippen molar-refractivity contribution >= 4 is 55.3 Å². The molecule has 2 fully saturated rings. The van der Waals surface area contributed by atoms with Gasteiger partial charge in [-0.2, -0.15) is 0 Å². The first-order valence-electron chi connectivity index (χ1n) is 14.9. The fourth-order valence-electron chi connectivity index (χ4n) is 5.46. The molecule has 14 heteroatoms. The number of rotatable bonds is 12. The summed E-state index contributed by atoms with van der Waals surface area (Å²) in [5.74, 6) is -1.49. The predicted octanol–water partition coefficient (Wildman–Crippen LogP) is 4.33. The molecule has 45 heavy (non-hydrogen) atoms. The molecule has 4 atom stereocenters. The van der Waals surface area contributed by atoms with Crippen LogP contribution in [0.25, 0.3) is 0 Å². The summed E-state index contributed by atoms with van der Waals surface area (Å²) in [6, 6.07) is 6.44. The Morgan fingerprint density at radius 1 is 1.16 bits per heavy atom. The summed E-state index contributed by atoms with van der Waals surface area (Å²) in [5, 5.41) is 14.9. The van der Waals surface area contributed by atoms with E-state index in [1.807, 2.05) is 6.07 Å². The topological polar surface area (TPSA) is 171 Å². The summed E-state index contributed by atoms with van der Waals surface area (Å²) in [5.41, 5.74) is 4.97. The van der Waals surface area contributed by atoms with Crippen LogP contribution < -0.4 is 16.4 Å². The molecular weight excluding hydrogens is 618 g/mol. The second-order valence-corrected chi connectivity index (χ2v) is 18.6. The van der Waals surface area contributed by atoms with Crippen molar-refractivity contribution in [1.29, 1.82) is 0 Å². The number of benzene rings is 1. The van der Waals surface area contributed by atoms with Crippen LogP contribution in [0.2, 0.25) is 18.1 Å². The average molecular weight is 666 g/mol. The van der Waals surface area contributed by atoms with Crippen molar-refractivity contribution in [3.63, 3.8) is 0 Å². The Bertz CT molecular complexity index is 1270. The monoisotopic (exact) mass is 665 g/mol. The lowest BCUT2D eigenvalue weighted by Gasteiger charge is -2.56. The van der Waals surface area contributed by atoms with Gasteiger partial charge in [0.2, 0.25) is 11.8 Å². The first-order valence-corrected chi connectivity index (χ1v) is 18.4. The molecule has 0 radical (unpaired) electrons. The average Bonchev–Trinajstić information content (AvgIpc) is 2.95. The number of hydrogen-bond donors (Lipinski definition) is 4. The molecule has 0 saturated carbocycles. The van der Waals surface area contributed by atoms with Crippen LogP contribution in [-0.4, -0.2) is 84.2 Å². The fourth-order valence-corrected chi connectivity index (χ4v) is 8.04. The molecule has 0 aliphatic carbocycles. The number of urea groups is 1. The summed E-state index contributed by atoms with van der Waals surface area (Å²) >= 11 is 5.64. The SMILES string of the molecule is C=C(N)NCCC[C@]1(C)C(=O)N(C(=O)Nc2ccccc2)C1C(=O)OC.CC(C)(C)[Si](C)(C)N1C(=O)[C@H](CCCCl)C1C(=O)O. The van der Waals surface area contributed by atoms with Crippen LogP contribution in [0.4, 0.5) is 10.5 Å². The maximum absolute atomic E-state index is 12.7. The minimum Gasteiger partial charge on any atom is -0.480 e. The zero-order chi connectivity index (χ0) is 34.3. The lowest BCUT2D eigenvalue weighted by atomic mass is 9.69. The molecule has 1 aromatic carbocycles. The number of alkyl halides is 1. The van der Waals surface area contributed by atoms with E-state index < -0.39 is 49.6 Å². The zero-order valence-electron chi connectivity index (χ0n) is 27.3. The zero-order valence-corrected chi connectivity index (χ0v) is 29.1. The molecule has 0 spiro atoms. The van der Waals surface area contributed by atoms with Gasteiger partial charge in [-0.1, -0.05) is 58.6 Å². The second kappa shape index (κ2) is 15.1. The maximum atomic E-state index is 12.7. The van der Waals surface area contributed by atoms with Crippen molar-refractivity contribution in [3.8, 4) is 0 Å². The van der Waals surface area contributed by atoms with Crippen LogP contribution in [0.1, 0.15) is 53.4 Å². The molecule has 5 N–H and O–H groups in total. The number of aliphatic carboxylic acids is 1. The molecule has 2 unspecified atom stereocenters. The highest BCUT2D eigenvalue weighted by Gasteiger charge is 2.63. The summed E-state index contributed by atoms with van der Waals surface area (Å²) in [7, 11) is -0.887. The number of nitrogens with one attached hydrogen (secondary N) is 2. The Morgan fingerprint density at radius 2 is 1.76 bits per heavy atom. The summed E-state index contributed by atoms with van der Waals surface area (Å²) in [6.07, 6.45) is 2.25.